The Bertz CT molecular complexity index is 765. The number of piperidine rings is 1. The predicted molar refractivity (Wildman–Crippen MR) is 100 cm³/mol. The fourth-order valence-corrected chi connectivity index (χ4v) is 4.29. The molecular weight excluding hydrogens is 360 g/mol. The zero-order chi connectivity index (χ0) is 18.0. The fourth-order valence-electron chi connectivity index (χ4n) is 3.16. The van der Waals surface area contributed by atoms with Gasteiger partial charge in [-0.3, -0.25) is 4.79 Å². The van der Waals surface area contributed by atoms with E-state index in [0.717, 1.165) is 24.5 Å². The van der Waals surface area contributed by atoms with E-state index in [2.05, 4.69) is 16.8 Å². The molecule has 2 atom stereocenters. The van der Waals surface area contributed by atoms with Gasteiger partial charge in [0, 0.05) is 28.6 Å². The molecule has 1 aliphatic rings. The average Bonchev–Trinajstić information content (AvgIpc) is 3.06. The molecule has 2 unspecified atom stereocenters. The van der Waals surface area contributed by atoms with Crippen LogP contribution in [0.15, 0.2) is 23.6 Å². The van der Waals surface area contributed by atoms with Crippen LogP contribution in [0.5, 0.6) is 5.75 Å². The number of anilines is 1. The van der Waals surface area contributed by atoms with Gasteiger partial charge in [-0.25, -0.2) is 4.98 Å². The van der Waals surface area contributed by atoms with Crippen molar-refractivity contribution in [3.05, 3.63) is 28.6 Å². The standard InChI is InChI=1S/C18H21ClN2O3S/c1-3-24-17(23)12-6-7-21(11(2)8-12)18-20-15(10-25-18)14-9-13(19)4-5-16(14)22/h4-5,9-12,22H,3,6-8H2,1-2H3. The van der Waals surface area contributed by atoms with Crippen molar-refractivity contribution >= 4 is 34.0 Å². The maximum Gasteiger partial charge on any atom is 0.309 e. The highest BCUT2D eigenvalue weighted by molar-refractivity contribution is 7.14. The number of benzene rings is 1. The predicted octanol–water partition coefficient (Wildman–Crippen LogP) is 4.34. The second kappa shape index (κ2) is 7.62. The number of carbonyl (C=O) groups excluding carboxylic acids is 1. The molecule has 2 aromatic rings. The van der Waals surface area contributed by atoms with Crippen LogP contribution >= 0.6 is 22.9 Å². The van der Waals surface area contributed by atoms with E-state index in [1.165, 1.54) is 11.3 Å². The molecule has 25 heavy (non-hydrogen) atoms. The zero-order valence-corrected chi connectivity index (χ0v) is 15.8. The highest BCUT2D eigenvalue weighted by Gasteiger charge is 2.32. The van der Waals surface area contributed by atoms with Gasteiger partial charge >= 0.3 is 5.97 Å². The fraction of sp³-hybridized carbons (Fsp3) is 0.444. The number of hydrogen-bond acceptors (Lipinski definition) is 6. The van der Waals surface area contributed by atoms with Gasteiger partial charge in [-0.05, 0) is 44.9 Å². The molecule has 0 bridgehead atoms. The summed E-state index contributed by atoms with van der Waals surface area (Å²) in [6.07, 6.45) is 1.52. The lowest BCUT2D eigenvalue weighted by Gasteiger charge is -2.36. The van der Waals surface area contributed by atoms with Gasteiger partial charge in [0.05, 0.1) is 18.2 Å². The van der Waals surface area contributed by atoms with Gasteiger partial charge in [-0.2, -0.15) is 0 Å². The summed E-state index contributed by atoms with van der Waals surface area (Å²) in [5.74, 6) is 0.0237. The highest BCUT2D eigenvalue weighted by atomic mass is 35.5. The Kier molecular flexibility index (Phi) is 5.49. The van der Waals surface area contributed by atoms with Crippen LogP contribution < -0.4 is 4.90 Å². The lowest BCUT2D eigenvalue weighted by atomic mass is 9.92. The smallest absolute Gasteiger partial charge is 0.309 e. The first kappa shape index (κ1) is 18.0. The molecule has 1 aliphatic heterocycles. The quantitative estimate of drug-likeness (QED) is 0.799. The maximum atomic E-state index is 12.0. The molecule has 1 fully saturated rings. The Morgan fingerprint density at radius 3 is 3.04 bits per heavy atom. The number of carbonyl (C=O) groups is 1. The number of aromatic hydroxyl groups is 1. The third kappa shape index (κ3) is 3.90. The second-order valence-corrected chi connectivity index (χ2v) is 7.47. The lowest BCUT2D eigenvalue weighted by Crippen LogP contribution is -2.43. The first-order valence-corrected chi connectivity index (χ1v) is 9.63. The minimum atomic E-state index is -0.0994. The number of rotatable bonds is 4. The van der Waals surface area contributed by atoms with Crippen molar-refractivity contribution in [2.75, 3.05) is 18.1 Å². The Hall–Kier alpha value is -1.79. The average molecular weight is 381 g/mol. The summed E-state index contributed by atoms with van der Waals surface area (Å²) >= 11 is 7.56. The summed E-state index contributed by atoms with van der Waals surface area (Å²) in [6, 6.07) is 5.14. The van der Waals surface area contributed by atoms with E-state index in [4.69, 9.17) is 16.3 Å². The van der Waals surface area contributed by atoms with E-state index in [1.54, 1.807) is 18.2 Å². The molecule has 0 spiro atoms. The molecule has 1 aromatic heterocycles. The van der Waals surface area contributed by atoms with Crippen LogP contribution in [0.25, 0.3) is 11.3 Å². The SMILES string of the molecule is CCOC(=O)C1CCN(c2nc(-c3cc(Cl)ccc3O)cs2)C(C)C1. The van der Waals surface area contributed by atoms with Gasteiger partial charge < -0.3 is 14.7 Å². The zero-order valence-electron chi connectivity index (χ0n) is 14.2. The summed E-state index contributed by atoms with van der Waals surface area (Å²) in [6.45, 7) is 5.12. The van der Waals surface area contributed by atoms with Crippen molar-refractivity contribution in [1.82, 2.24) is 4.98 Å². The number of aromatic nitrogens is 1. The van der Waals surface area contributed by atoms with E-state index in [1.807, 2.05) is 12.3 Å². The molecule has 0 saturated carbocycles. The summed E-state index contributed by atoms with van der Waals surface area (Å²) in [4.78, 5) is 18.8. The molecule has 1 N–H and O–H groups in total. The van der Waals surface area contributed by atoms with Crippen LogP contribution in [-0.2, 0) is 9.53 Å². The molecule has 7 heteroatoms. The Labute approximate surface area is 156 Å². The van der Waals surface area contributed by atoms with Crippen LogP contribution in [0.2, 0.25) is 5.02 Å². The van der Waals surface area contributed by atoms with Gasteiger partial charge in [0.25, 0.3) is 0 Å². The second-order valence-electron chi connectivity index (χ2n) is 6.19. The van der Waals surface area contributed by atoms with Crippen LogP contribution in [0.3, 0.4) is 0 Å². The van der Waals surface area contributed by atoms with Gasteiger partial charge in [0.2, 0.25) is 0 Å². The van der Waals surface area contributed by atoms with Crippen LogP contribution in [0.4, 0.5) is 5.13 Å². The van der Waals surface area contributed by atoms with Crippen molar-refractivity contribution in [1.29, 1.82) is 0 Å². The van der Waals surface area contributed by atoms with Crippen LogP contribution in [-0.4, -0.2) is 35.3 Å². The Morgan fingerprint density at radius 1 is 1.52 bits per heavy atom. The molecule has 1 aromatic carbocycles. The molecule has 2 heterocycles. The first-order valence-electron chi connectivity index (χ1n) is 8.37. The van der Waals surface area contributed by atoms with Crippen LogP contribution in [0, 0.1) is 5.92 Å². The number of halogens is 1. The van der Waals surface area contributed by atoms with Gasteiger partial charge in [0.1, 0.15) is 5.75 Å². The number of esters is 1. The van der Waals surface area contributed by atoms with E-state index >= 15 is 0 Å². The molecule has 0 amide bonds. The minimum Gasteiger partial charge on any atom is -0.507 e. The third-order valence-electron chi connectivity index (χ3n) is 4.47. The number of hydrogen-bond donors (Lipinski definition) is 1. The molecular formula is C18H21ClN2O3S. The van der Waals surface area contributed by atoms with Gasteiger partial charge in [0.15, 0.2) is 5.13 Å². The maximum absolute atomic E-state index is 12.0. The number of thiazole rings is 1. The lowest BCUT2D eigenvalue weighted by molar-refractivity contribution is -0.149. The van der Waals surface area contributed by atoms with Crippen molar-refractivity contribution < 1.29 is 14.6 Å². The van der Waals surface area contributed by atoms with Gasteiger partial charge in [-0.15, -0.1) is 11.3 Å². The normalized spacial score (nSPS) is 20.5. The van der Waals surface area contributed by atoms with Gasteiger partial charge in [-0.1, -0.05) is 11.6 Å². The Morgan fingerprint density at radius 2 is 2.32 bits per heavy atom. The number of phenolic OH excluding ortho intramolecular Hbond substituents is 1. The summed E-state index contributed by atoms with van der Waals surface area (Å²) in [7, 11) is 0. The summed E-state index contributed by atoms with van der Waals surface area (Å²) in [5.41, 5.74) is 1.34. The van der Waals surface area contributed by atoms with Crippen molar-refractivity contribution in [2.45, 2.75) is 32.7 Å². The molecule has 1 saturated heterocycles. The molecule has 3 rings (SSSR count). The topological polar surface area (TPSA) is 62.7 Å². The molecule has 0 aliphatic carbocycles. The Balaban J connectivity index is 1.75. The van der Waals surface area contributed by atoms with Crippen molar-refractivity contribution in [2.24, 2.45) is 5.92 Å². The largest absolute Gasteiger partial charge is 0.507 e. The summed E-state index contributed by atoms with van der Waals surface area (Å²) in [5, 5.41) is 13.4. The number of phenols is 1. The molecule has 134 valence electrons. The first-order chi connectivity index (χ1) is 12.0. The van der Waals surface area contributed by atoms with E-state index in [9.17, 15) is 9.90 Å². The molecule has 5 nitrogen and oxygen atoms in total. The van der Waals surface area contributed by atoms with E-state index in [-0.39, 0.29) is 23.7 Å². The summed E-state index contributed by atoms with van der Waals surface area (Å²) < 4.78 is 5.15. The minimum absolute atomic E-state index is 0.0393. The van der Waals surface area contributed by atoms with E-state index in [0.29, 0.717) is 22.9 Å². The number of nitrogens with zero attached hydrogens (tertiary/aromatic N) is 2. The number of ether oxygens (including phenoxy) is 1. The molecule has 0 radical (unpaired) electrons. The van der Waals surface area contributed by atoms with Crippen LogP contribution in [0.1, 0.15) is 26.7 Å². The monoisotopic (exact) mass is 380 g/mol. The van der Waals surface area contributed by atoms with E-state index < -0.39 is 0 Å². The van der Waals surface area contributed by atoms with Crippen molar-refractivity contribution in [3.63, 3.8) is 0 Å². The highest BCUT2D eigenvalue weighted by Crippen LogP contribution is 2.36. The third-order valence-corrected chi connectivity index (χ3v) is 5.58. The van der Waals surface area contributed by atoms with Crippen molar-refractivity contribution in [3.8, 4) is 17.0 Å².